The Kier molecular flexibility index (Phi) is 3.69. The van der Waals surface area contributed by atoms with Crippen molar-refractivity contribution in [2.45, 2.75) is 25.7 Å². The van der Waals surface area contributed by atoms with Crippen LogP contribution in [0.1, 0.15) is 29.0 Å². The summed E-state index contributed by atoms with van der Waals surface area (Å²) >= 11 is 1.71. The maximum absolute atomic E-state index is 10.6. The third-order valence-electron chi connectivity index (χ3n) is 3.91. The van der Waals surface area contributed by atoms with Crippen molar-refractivity contribution in [3.8, 4) is 0 Å². The third-order valence-corrected chi connectivity index (χ3v) is 5.11. The molecular weight excluding hydrogens is 330 g/mol. The number of furan rings is 1. The summed E-state index contributed by atoms with van der Waals surface area (Å²) in [7, 11) is 0. The highest BCUT2D eigenvalue weighted by molar-refractivity contribution is 7.19. The van der Waals surface area contributed by atoms with E-state index in [9.17, 15) is 10.1 Å². The topological polar surface area (TPSA) is 106 Å². The van der Waals surface area contributed by atoms with Gasteiger partial charge in [0.1, 0.15) is 16.1 Å². The predicted molar refractivity (Wildman–Crippen MR) is 90.6 cm³/mol. The summed E-state index contributed by atoms with van der Waals surface area (Å²) in [6.07, 6.45) is 7.41. The van der Waals surface area contributed by atoms with Crippen molar-refractivity contribution in [2.75, 3.05) is 5.43 Å². The highest BCUT2D eigenvalue weighted by Crippen LogP contribution is 2.38. The van der Waals surface area contributed by atoms with Gasteiger partial charge in [-0.1, -0.05) is 0 Å². The standard InChI is InChI=1S/C15H13N5O3S/c21-20(22)12-6-5-9(23-12)7-18-19-14-13-10-3-1-2-4-11(10)24-15(13)17-8-16-14/h5-8H,1-4H2,(H,16,17,19)/b18-7-. The highest BCUT2D eigenvalue weighted by Gasteiger charge is 2.19. The second kappa shape index (κ2) is 6.00. The summed E-state index contributed by atoms with van der Waals surface area (Å²) in [4.78, 5) is 21.0. The van der Waals surface area contributed by atoms with Crippen molar-refractivity contribution >= 4 is 39.5 Å². The smallest absolute Gasteiger partial charge is 0.400 e. The van der Waals surface area contributed by atoms with Crippen LogP contribution in [0.5, 0.6) is 0 Å². The maximum Gasteiger partial charge on any atom is 0.433 e. The van der Waals surface area contributed by atoms with Crippen LogP contribution in [0, 0.1) is 10.1 Å². The molecule has 3 aromatic heterocycles. The van der Waals surface area contributed by atoms with Crippen molar-refractivity contribution in [3.63, 3.8) is 0 Å². The summed E-state index contributed by atoms with van der Waals surface area (Å²) in [6, 6.07) is 2.78. The van der Waals surface area contributed by atoms with E-state index in [1.807, 2.05) is 0 Å². The second-order valence-electron chi connectivity index (χ2n) is 5.42. The van der Waals surface area contributed by atoms with E-state index < -0.39 is 4.92 Å². The average molecular weight is 343 g/mol. The van der Waals surface area contributed by atoms with E-state index >= 15 is 0 Å². The van der Waals surface area contributed by atoms with Crippen LogP contribution >= 0.6 is 11.3 Å². The van der Waals surface area contributed by atoms with Gasteiger partial charge in [-0.25, -0.2) is 9.97 Å². The Morgan fingerprint density at radius 2 is 2.21 bits per heavy atom. The molecule has 0 radical (unpaired) electrons. The molecule has 24 heavy (non-hydrogen) atoms. The van der Waals surface area contributed by atoms with E-state index in [2.05, 4.69) is 20.5 Å². The minimum absolute atomic E-state index is 0.298. The Labute approximate surface area is 140 Å². The van der Waals surface area contributed by atoms with Gasteiger partial charge in [0, 0.05) is 4.88 Å². The number of aromatic nitrogens is 2. The Hall–Kier alpha value is -2.81. The van der Waals surface area contributed by atoms with E-state index in [1.54, 1.807) is 11.3 Å². The van der Waals surface area contributed by atoms with E-state index in [1.165, 1.54) is 48.0 Å². The molecule has 0 aliphatic heterocycles. The molecule has 0 spiro atoms. The van der Waals surface area contributed by atoms with Gasteiger partial charge >= 0.3 is 5.88 Å². The summed E-state index contributed by atoms with van der Waals surface area (Å²) < 4.78 is 5.03. The number of hydrogen-bond acceptors (Lipinski definition) is 8. The maximum atomic E-state index is 10.6. The summed E-state index contributed by atoms with van der Waals surface area (Å²) in [5, 5.41) is 15.7. The number of aryl methyl sites for hydroxylation is 2. The molecule has 0 amide bonds. The first-order valence-corrected chi connectivity index (χ1v) is 8.32. The molecule has 122 valence electrons. The first-order chi connectivity index (χ1) is 11.7. The van der Waals surface area contributed by atoms with Gasteiger partial charge in [-0.2, -0.15) is 5.10 Å². The van der Waals surface area contributed by atoms with E-state index in [-0.39, 0.29) is 5.88 Å². The lowest BCUT2D eigenvalue weighted by atomic mass is 9.97. The zero-order valence-corrected chi connectivity index (χ0v) is 13.4. The molecule has 1 aliphatic carbocycles. The summed E-state index contributed by atoms with van der Waals surface area (Å²) in [5.74, 6) is 0.635. The van der Waals surface area contributed by atoms with Gasteiger partial charge in [0.15, 0.2) is 11.6 Å². The Bertz CT molecular complexity index is 946. The zero-order chi connectivity index (χ0) is 16.5. The van der Waals surface area contributed by atoms with Crippen LogP contribution in [0.25, 0.3) is 10.2 Å². The second-order valence-corrected chi connectivity index (χ2v) is 6.50. The average Bonchev–Trinajstić information content (AvgIpc) is 3.19. The monoisotopic (exact) mass is 343 g/mol. The summed E-state index contributed by atoms with van der Waals surface area (Å²) in [5.41, 5.74) is 4.22. The molecule has 0 saturated heterocycles. The SMILES string of the molecule is O=[N+]([O-])c1ccc(/C=N\Nc2ncnc3sc4c(c23)CCCC4)o1. The Balaban J connectivity index is 1.61. The molecule has 3 aromatic rings. The molecule has 0 saturated carbocycles. The van der Waals surface area contributed by atoms with Crippen LogP contribution < -0.4 is 5.43 Å². The van der Waals surface area contributed by atoms with Crippen LogP contribution in [0.15, 0.2) is 28.0 Å². The van der Waals surface area contributed by atoms with Crippen molar-refractivity contribution in [3.05, 3.63) is 44.8 Å². The molecule has 1 N–H and O–H groups in total. The molecule has 4 rings (SSSR count). The molecule has 0 unspecified atom stereocenters. The van der Waals surface area contributed by atoms with Crippen molar-refractivity contribution in [2.24, 2.45) is 5.10 Å². The van der Waals surface area contributed by atoms with Gasteiger partial charge < -0.3 is 4.42 Å². The largest absolute Gasteiger partial charge is 0.433 e. The Morgan fingerprint density at radius 1 is 1.33 bits per heavy atom. The van der Waals surface area contributed by atoms with Gasteiger partial charge in [0.05, 0.1) is 17.7 Å². The molecular formula is C15H13N5O3S. The normalized spacial score (nSPS) is 14.2. The molecule has 0 fully saturated rings. The molecule has 1 aliphatic rings. The molecule has 9 heteroatoms. The fourth-order valence-corrected chi connectivity index (χ4v) is 4.07. The number of anilines is 1. The van der Waals surface area contributed by atoms with E-state index in [0.717, 1.165) is 23.1 Å². The number of nitro groups is 1. The van der Waals surface area contributed by atoms with Gasteiger partial charge in [0.25, 0.3) is 0 Å². The first-order valence-electron chi connectivity index (χ1n) is 7.51. The molecule has 0 atom stereocenters. The first kappa shape index (κ1) is 14.8. The number of rotatable bonds is 4. The van der Waals surface area contributed by atoms with Gasteiger partial charge in [-0.3, -0.25) is 15.5 Å². The predicted octanol–water partition coefficient (Wildman–Crippen LogP) is 3.52. The lowest BCUT2D eigenvalue weighted by Crippen LogP contribution is -2.00. The molecule has 0 bridgehead atoms. The van der Waals surface area contributed by atoms with E-state index in [0.29, 0.717) is 11.6 Å². The van der Waals surface area contributed by atoms with Crippen molar-refractivity contribution in [1.82, 2.24) is 9.97 Å². The van der Waals surface area contributed by atoms with Gasteiger partial charge in [-0.15, -0.1) is 11.3 Å². The quantitative estimate of drug-likeness (QED) is 0.441. The zero-order valence-electron chi connectivity index (χ0n) is 12.6. The lowest BCUT2D eigenvalue weighted by molar-refractivity contribution is -0.402. The van der Waals surface area contributed by atoms with Crippen LogP contribution in [0.4, 0.5) is 11.7 Å². The fraction of sp³-hybridized carbons (Fsp3) is 0.267. The van der Waals surface area contributed by atoms with Crippen LogP contribution in [0.2, 0.25) is 0 Å². The van der Waals surface area contributed by atoms with E-state index in [4.69, 9.17) is 4.42 Å². The lowest BCUT2D eigenvalue weighted by Gasteiger charge is -2.11. The third kappa shape index (κ3) is 2.62. The molecule has 3 heterocycles. The number of nitrogens with one attached hydrogen (secondary N) is 1. The fourth-order valence-electron chi connectivity index (χ4n) is 2.84. The van der Waals surface area contributed by atoms with Crippen LogP contribution in [0.3, 0.4) is 0 Å². The van der Waals surface area contributed by atoms with Crippen molar-refractivity contribution < 1.29 is 9.34 Å². The van der Waals surface area contributed by atoms with Crippen LogP contribution in [-0.2, 0) is 12.8 Å². The van der Waals surface area contributed by atoms with Gasteiger partial charge in [-0.05, 0) is 37.3 Å². The van der Waals surface area contributed by atoms with Crippen LogP contribution in [-0.4, -0.2) is 21.1 Å². The number of thiophene rings is 1. The Morgan fingerprint density at radius 3 is 3.04 bits per heavy atom. The summed E-state index contributed by atoms with van der Waals surface area (Å²) in [6.45, 7) is 0. The molecule has 0 aromatic carbocycles. The van der Waals surface area contributed by atoms with Gasteiger partial charge in [0.2, 0.25) is 0 Å². The minimum Gasteiger partial charge on any atom is -0.400 e. The molecule has 8 nitrogen and oxygen atoms in total. The number of hydrogen-bond donors (Lipinski definition) is 1. The number of nitrogens with zero attached hydrogens (tertiary/aromatic N) is 4. The highest BCUT2D eigenvalue weighted by atomic mass is 32.1. The number of fused-ring (bicyclic) bond motifs is 3. The van der Waals surface area contributed by atoms with Crippen molar-refractivity contribution in [1.29, 1.82) is 0 Å². The minimum atomic E-state index is -0.587. The number of hydrazone groups is 1.